The highest BCUT2D eigenvalue weighted by atomic mass is 19.1. The Morgan fingerprint density at radius 2 is 1.59 bits per heavy atom. The summed E-state index contributed by atoms with van der Waals surface area (Å²) in [5.74, 6) is -1.29. The van der Waals surface area contributed by atoms with Crippen molar-refractivity contribution in [1.29, 1.82) is 0 Å². The zero-order valence-electron chi connectivity index (χ0n) is 9.41. The summed E-state index contributed by atoms with van der Waals surface area (Å²) in [7, 11) is 0. The van der Waals surface area contributed by atoms with Crippen LogP contribution in [0.1, 0.15) is 12.5 Å². The van der Waals surface area contributed by atoms with Crippen LogP contribution in [0.15, 0.2) is 42.5 Å². The van der Waals surface area contributed by atoms with Crippen molar-refractivity contribution in [2.75, 3.05) is 0 Å². The van der Waals surface area contributed by atoms with Gasteiger partial charge in [0, 0.05) is 0 Å². The minimum atomic E-state index is -0.675. The summed E-state index contributed by atoms with van der Waals surface area (Å²) in [5, 5.41) is 0. The SMILES string of the molecule is CCc1cc(F)c(Oc2ccccc2)c(F)c1. The Balaban J connectivity index is 2.33. The molecular formula is C14H12F2O. The fraction of sp³-hybridized carbons (Fsp3) is 0.143. The quantitative estimate of drug-likeness (QED) is 0.768. The molecule has 0 amide bonds. The predicted octanol–water partition coefficient (Wildman–Crippen LogP) is 4.32. The van der Waals surface area contributed by atoms with Crippen LogP contribution in [0.3, 0.4) is 0 Å². The number of hydrogen-bond acceptors (Lipinski definition) is 1. The second-order valence-corrected chi connectivity index (χ2v) is 3.66. The molecule has 0 heterocycles. The van der Waals surface area contributed by atoms with E-state index in [4.69, 9.17) is 4.74 Å². The molecule has 0 atom stereocenters. The summed E-state index contributed by atoms with van der Waals surface area (Å²) < 4.78 is 32.4. The van der Waals surface area contributed by atoms with E-state index in [0.717, 1.165) is 0 Å². The van der Waals surface area contributed by atoms with Gasteiger partial charge in [-0.15, -0.1) is 0 Å². The largest absolute Gasteiger partial charge is 0.451 e. The van der Waals surface area contributed by atoms with Crippen molar-refractivity contribution in [2.45, 2.75) is 13.3 Å². The average Bonchev–Trinajstić information content (AvgIpc) is 2.35. The summed E-state index contributed by atoms with van der Waals surface area (Å²) >= 11 is 0. The van der Waals surface area contributed by atoms with Crippen molar-refractivity contribution in [2.24, 2.45) is 0 Å². The molecule has 17 heavy (non-hydrogen) atoms. The third-order valence-corrected chi connectivity index (χ3v) is 2.43. The molecular weight excluding hydrogens is 222 g/mol. The number of ether oxygens (including phenoxy) is 1. The number of rotatable bonds is 3. The van der Waals surface area contributed by atoms with Crippen LogP contribution in [0.4, 0.5) is 8.78 Å². The number of hydrogen-bond donors (Lipinski definition) is 0. The number of halogens is 2. The highest BCUT2D eigenvalue weighted by Gasteiger charge is 2.12. The zero-order chi connectivity index (χ0) is 12.3. The lowest BCUT2D eigenvalue weighted by atomic mass is 10.1. The van der Waals surface area contributed by atoms with E-state index in [0.29, 0.717) is 17.7 Å². The van der Waals surface area contributed by atoms with Crippen molar-refractivity contribution < 1.29 is 13.5 Å². The first-order valence-corrected chi connectivity index (χ1v) is 5.41. The summed E-state index contributed by atoms with van der Waals surface area (Å²) in [6.45, 7) is 1.84. The van der Waals surface area contributed by atoms with Gasteiger partial charge in [-0.05, 0) is 36.2 Å². The molecule has 0 aromatic heterocycles. The standard InChI is InChI=1S/C14H12F2O/c1-2-10-8-12(15)14(13(16)9-10)17-11-6-4-3-5-7-11/h3-9H,2H2,1H3. The Hall–Kier alpha value is -1.90. The maximum atomic E-state index is 13.6. The first kappa shape index (κ1) is 11.6. The molecule has 0 N–H and O–H groups in total. The van der Waals surface area contributed by atoms with Gasteiger partial charge in [0.25, 0.3) is 0 Å². The molecule has 0 fully saturated rings. The molecule has 2 rings (SSSR count). The lowest BCUT2D eigenvalue weighted by molar-refractivity contribution is 0.406. The number of benzene rings is 2. The first-order valence-electron chi connectivity index (χ1n) is 5.41. The van der Waals surface area contributed by atoms with Crippen LogP contribution < -0.4 is 4.74 Å². The molecule has 0 unspecified atom stereocenters. The molecule has 0 spiro atoms. The highest BCUT2D eigenvalue weighted by Crippen LogP contribution is 2.28. The molecule has 1 nitrogen and oxygen atoms in total. The molecule has 88 valence electrons. The molecule has 3 heteroatoms. The van der Waals surface area contributed by atoms with E-state index in [1.807, 2.05) is 6.92 Å². The van der Waals surface area contributed by atoms with Crippen molar-refractivity contribution in [3.05, 3.63) is 59.7 Å². The van der Waals surface area contributed by atoms with Gasteiger partial charge in [0.05, 0.1) is 0 Å². The molecule has 0 aliphatic carbocycles. The molecule has 0 aliphatic rings. The highest BCUT2D eigenvalue weighted by molar-refractivity contribution is 5.35. The second kappa shape index (κ2) is 4.95. The van der Waals surface area contributed by atoms with Gasteiger partial charge in [0.15, 0.2) is 17.4 Å². The van der Waals surface area contributed by atoms with E-state index >= 15 is 0 Å². The van der Waals surface area contributed by atoms with Crippen LogP contribution in [-0.2, 0) is 6.42 Å². The van der Waals surface area contributed by atoms with Gasteiger partial charge in [-0.2, -0.15) is 0 Å². The monoisotopic (exact) mass is 234 g/mol. The van der Waals surface area contributed by atoms with Crippen LogP contribution in [-0.4, -0.2) is 0 Å². The second-order valence-electron chi connectivity index (χ2n) is 3.66. The molecule has 2 aromatic carbocycles. The van der Waals surface area contributed by atoms with Crippen LogP contribution in [0.2, 0.25) is 0 Å². The van der Waals surface area contributed by atoms with Gasteiger partial charge in [0.1, 0.15) is 5.75 Å². The molecule has 2 aromatic rings. The minimum absolute atomic E-state index is 0.353. The van der Waals surface area contributed by atoms with E-state index in [2.05, 4.69) is 0 Å². The predicted molar refractivity (Wildman–Crippen MR) is 62.3 cm³/mol. The number of para-hydroxylation sites is 1. The van der Waals surface area contributed by atoms with Crippen molar-refractivity contribution in [3.8, 4) is 11.5 Å². The molecule has 0 saturated carbocycles. The van der Waals surface area contributed by atoms with E-state index in [9.17, 15) is 8.78 Å². The lowest BCUT2D eigenvalue weighted by Gasteiger charge is -2.09. The first-order chi connectivity index (χ1) is 8.20. The Labute approximate surface area is 98.7 Å². The third-order valence-electron chi connectivity index (χ3n) is 2.43. The molecule has 0 aliphatic heterocycles. The molecule has 0 radical (unpaired) electrons. The summed E-state index contributed by atoms with van der Waals surface area (Å²) in [6, 6.07) is 11.2. The van der Waals surface area contributed by atoms with Crippen LogP contribution >= 0.6 is 0 Å². The molecule has 0 bridgehead atoms. The maximum absolute atomic E-state index is 13.6. The Morgan fingerprint density at radius 1 is 1.00 bits per heavy atom. The van der Waals surface area contributed by atoms with E-state index in [1.54, 1.807) is 30.3 Å². The van der Waals surface area contributed by atoms with E-state index < -0.39 is 11.6 Å². The Bertz CT molecular complexity index is 486. The van der Waals surface area contributed by atoms with E-state index in [-0.39, 0.29) is 5.75 Å². The normalized spacial score (nSPS) is 10.3. The van der Waals surface area contributed by atoms with Crippen molar-refractivity contribution in [1.82, 2.24) is 0 Å². The Kier molecular flexibility index (Phi) is 3.38. The van der Waals surface area contributed by atoms with Crippen LogP contribution in [0, 0.1) is 11.6 Å². The van der Waals surface area contributed by atoms with Gasteiger partial charge < -0.3 is 4.74 Å². The fourth-order valence-electron chi connectivity index (χ4n) is 1.52. The van der Waals surface area contributed by atoms with Gasteiger partial charge in [-0.3, -0.25) is 0 Å². The minimum Gasteiger partial charge on any atom is -0.451 e. The average molecular weight is 234 g/mol. The smallest absolute Gasteiger partial charge is 0.198 e. The zero-order valence-corrected chi connectivity index (χ0v) is 9.41. The van der Waals surface area contributed by atoms with Crippen molar-refractivity contribution in [3.63, 3.8) is 0 Å². The van der Waals surface area contributed by atoms with Crippen LogP contribution in [0.25, 0.3) is 0 Å². The van der Waals surface area contributed by atoms with Gasteiger partial charge in [-0.25, -0.2) is 8.78 Å². The van der Waals surface area contributed by atoms with Gasteiger partial charge in [0.2, 0.25) is 0 Å². The fourth-order valence-corrected chi connectivity index (χ4v) is 1.52. The maximum Gasteiger partial charge on any atom is 0.198 e. The summed E-state index contributed by atoms with van der Waals surface area (Å²) in [5.41, 5.74) is 0.611. The topological polar surface area (TPSA) is 9.23 Å². The van der Waals surface area contributed by atoms with Gasteiger partial charge in [-0.1, -0.05) is 25.1 Å². The van der Waals surface area contributed by atoms with Gasteiger partial charge >= 0.3 is 0 Å². The lowest BCUT2D eigenvalue weighted by Crippen LogP contribution is -1.95. The Morgan fingerprint density at radius 3 is 2.12 bits per heavy atom. The van der Waals surface area contributed by atoms with Crippen molar-refractivity contribution >= 4 is 0 Å². The summed E-state index contributed by atoms with van der Waals surface area (Å²) in [4.78, 5) is 0. The molecule has 0 saturated heterocycles. The van der Waals surface area contributed by atoms with Crippen LogP contribution in [0.5, 0.6) is 11.5 Å². The number of aryl methyl sites for hydroxylation is 1. The summed E-state index contributed by atoms with van der Waals surface area (Å²) in [6.07, 6.45) is 0.583. The third kappa shape index (κ3) is 2.61. The van der Waals surface area contributed by atoms with E-state index in [1.165, 1.54) is 12.1 Å².